The summed E-state index contributed by atoms with van der Waals surface area (Å²) in [5.74, 6) is -1.19. The van der Waals surface area contributed by atoms with Crippen LogP contribution in [0.5, 0.6) is 0 Å². The summed E-state index contributed by atoms with van der Waals surface area (Å²) in [5, 5.41) is 9.96. The van der Waals surface area contributed by atoms with Crippen molar-refractivity contribution in [3.63, 3.8) is 0 Å². The van der Waals surface area contributed by atoms with Crippen molar-refractivity contribution >= 4 is 46.2 Å². The van der Waals surface area contributed by atoms with Crippen molar-refractivity contribution in [2.24, 2.45) is 0 Å². The number of carboxylic acids is 1. The molecule has 0 spiro atoms. The Morgan fingerprint density at radius 2 is 2.18 bits per heavy atom. The lowest BCUT2D eigenvalue weighted by atomic mass is 10.2. The number of carbonyl (C=O) groups is 2. The first-order chi connectivity index (χ1) is 10.5. The predicted molar refractivity (Wildman–Crippen MR) is 86.9 cm³/mol. The van der Waals surface area contributed by atoms with Gasteiger partial charge in [-0.25, -0.2) is 9.78 Å². The van der Waals surface area contributed by atoms with E-state index >= 15 is 0 Å². The summed E-state index contributed by atoms with van der Waals surface area (Å²) in [6.07, 6.45) is 1.22. The molecule has 1 aliphatic rings. The number of likely N-dealkylation sites (tertiary alicyclic amines) is 1. The smallest absolute Gasteiger partial charge is 0.326 e. The molecular formula is C14H13ClN2O3S2. The molecule has 0 aliphatic carbocycles. The van der Waals surface area contributed by atoms with Gasteiger partial charge < -0.3 is 10.0 Å². The predicted octanol–water partition coefficient (Wildman–Crippen LogP) is 3.52. The molecule has 1 amide bonds. The highest BCUT2D eigenvalue weighted by Gasteiger charge is 2.35. The molecule has 1 saturated heterocycles. The number of thiazole rings is 1. The third-order valence-corrected chi connectivity index (χ3v) is 6.12. The Hall–Kier alpha value is -1.44. The number of hydrogen-bond donors (Lipinski definition) is 1. The second kappa shape index (κ2) is 5.98. The molecule has 0 saturated carbocycles. The number of aromatic nitrogens is 1. The summed E-state index contributed by atoms with van der Waals surface area (Å²) in [6, 6.07) is 2.93. The lowest BCUT2D eigenvalue weighted by Crippen LogP contribution is -2.40. The molecule has 5 nitrogen and oxygen atoms in total. The van der Waals surface area contributed by atoms with Crippen LogP contribution >= 0.6 is 34.3 Å². The van der Waals surface area contributed by atoms with Gasteiger partial charge in [0.25, 0.3) is 5.91 Å². The van der Waals surface area contributed by atoms with Gasteiger partial charge in [-0.3, -0.25) is 4.79 Å². The van der Waals surface area contributed by atoms with Crippen LogP contribution in [-0.2, 0) is 4.79 Å². The highest BCUT2D eigenvalue weighted by Crippen LogP contribution is 2.36. The largest absolute Gasteiger partial charge is 0.480 e. The van der Waals surface area contributed by atoms with E-state index in [1.807, 2.05) is 6.07 Å². The van der Waals surface area contributed by atoms with Crippen LogP contribution in [0.25, 0.3) is 9.88 Å². The normalized spacial score (nSPS) is 17.9. The zero-order valence-electron chi connectivity index (χ0n) is 11.7. The number of rotatable bonds is 3. The minimum atomic E-state index is -0.946. The average Bonchev–Trinajstić information content (AvgIpc) is 3.16. The van der Waals surface area contributed by atoms with Gasteiger partial charge in [-0.15, -0.1) is 22.7 Å². The van der Waals surface area contributed by atoms with Crippen LogP contribution in [0, 0.1) is 6.92 Å². The highest BCUT2D eigenvalue weighted by atomic mass is 35.5. The summed E-state index contributed by atoms with van der Waals surface area (Å²) in [4.78, 5) is 31.2. The van der Waals surface area contributed by atoms with Crippen molar-refractivity contribution in [2.75, 3.05) is 6.54 Å². The number of nitrogens with zero attached hydrogens (tertiary/aromatic N) is 2. The topological polar surface area (TPSA) is 70.5 Å². The van der Waals surface area contributed by atoms with Gasteiger partial charge in [0.2, 0.25) is 0 Å². The van der Waals surface area contributed by atoms with E-state index in [0.29, 0.717) is 34.3 Å². The SMILES string of the molecule is Cc1nc(-c2ccc(Cl)s2)sc1C(=O)N1CCCC1C(=O)O. The number of aryl methyl sites for hydroxylation is 1. The fourth-order valence-corrected chi connectivity index (χ4v) is 4.65. The number of amides is 1. The monoisotopic (exact) mass is 356 g/mol. The standard InChI is InChI=1S/C14H13ClN2O3S2/c1-7-11(13(18)17-6-2-3-8(17)14(19)20)22-12(16-7)9-4-5-10(15)21-9/h4-5,8H,2-3,6H2,1H3,(H,19,20). The van der Waals surface area contributed by atoms with Crippen molar-refractivity contribution in [1.82, 2.24) is 9.88 Å². The minimum Gasteiger partial charge on any atom is -0.480 e. The van der Waals surface area contributed by atoms with Gasteiger partial charge >= 0.3 is 5.97 Å². The summed E-state index contributed by atoms with van der Waals surface area (Å²) in [7, 11) is 0. The van der Waals surface area contributed by atoms with Gasteiger partial charge in [0.15, 0.2) is 0 Å². The van der Waals surface area contributed by atoms with E-state index in [1.54, 1.807) is 13.0 Å². The van der Waals surface area contributed by atoms with E-state index < -0.39 is 12.0 Å². The molecule has 8 heteroatoms. The Morgan fingerprint density at radius 3 is 2.82 bits per heavy atom. The average molecular weight is 357 g/mol. The van der Waals surface area contributed by atoms with Gasteiger partial charge in [-0.1, -0.05) is 11.6 Å². The number of hydrogen-bond acceptors (Lipinski definition) is 5. The zero-order chi connectivity index (χ0) is 15.9. The van der Waals surface area contributed by atoms with Crippen molar-refractivity contribution < 1.29 is 14.7 Å². The highest BCUT2D eigenvalue weighted by molar-refractivity contribution is 7.24. The van der Waals surface area contributed by atoms with Crippen LogP contribution in [0.2, 0.25) is 4.34 Å². The Balaban J connectivity index is 1.90. The van der Waals surface area contributed by atoms with Crippen LogP contribution in [-0.4, -0.2) is 39.5 Å². The minimum absolute atomic E-state index is 0.242. The Morgan fingerprint density at radius 1 is 1.41 bits per heavy atom. The lowest BCUT2D eigenvalue weighted by Gasteiger charge is -2.20. The number of carbonyl (C=O) groups excluding carboxylic acids is 1. The Kier molecular flexibility index (Phi) is 4.20. The molecule has 1 fully saturated rings. The maximum Gasteiger partial charge on any atom is 0.326 e. The van der Waals surface area contributed by atoms with Gasteiger partial charge in [-0.2, -0.15) is 0 Å². The van der Waals surface area contributed by atoms with E-state index in [9.17, 15) is 14.7 Å². The van der Waals surface area contributed by atoms with E-state index in [2.05, 4.69) is 4.98 Å². The van der Waals surface area contributed by atoms with E-state index in [0.717, 1.165) is 9.88 Å². The van der Waals surface area contributed by atoms with Crippen LogP contribution in [0.1, 0.15) is 28.2 Å². The summed E-state index contributed by atoms with van der Waals surface area (Å²) in [6.45, 7) is 2.25. The molecule has 0 aromatic carbocycles. The van der Waals surface area contributed by atoms with Crippen molar-refractivity contribution in [2.45, 2.75) is 25.8 Å². The summed E-state index contributed by atoms with van der Waals surface area (Å²) < 4.78 is 0.668. The van der Waals surface area contributed by atoms with Crippen molar-refractivity contribution in [1.29, 1.82) is 0 Å². The van der Waals surface area contributed by atoms with E-state index in [1.165, 1.54) is 27.6 Å². The molecule has 0 radical (unpaired) electrons. The second-order valence-electron chi connectivity index (χ2n) is 5.03. The molecule has 2 aromatic heterocycles. The maximum absolute atomic E-state index is 12.6. The second-order valence-corrected chi connectivity index (χ2v) is 7.75. The Labute approximate surface area is 140 Å². The molecule has 116 valence electrons. The lowest BCUT2D eigenvalue weighted by molar-refractivity contribution is -0.141. The fraction of sp³-hybridized carbons (Fsp3) is 0.357. The quantitative estimate of drug-likeness (QED) is 0.913. The number of aliphatic carboxylic acids is 1. The van der Waals surface area contributed by atoms with Crippen LogP contribution in [0.15, 0.2) is 12.1 Å². The molecule has 3 heterocycles. The van der Waals surface area contributed by atoms with Crippen LogP contribution in [0.4, 0.5) is 0 Å². The number of carboxylic acid groups (broad SMARTS) is 1. The molecule has 1 aliphatic heterocycles. The van der Waals surface area contributed by atoms with Gasteiger partial charge in [0.1, 0.15) is 15.9 Å². The first kappa shape index (κ1) is 15.5. The van der Waals surface area contributed by atoms with Crippen LogP contribution < -0.4 is 0 Å². The maximum atomic E-state index is 12.6. The number of halogens is 1. The molecule has 1 N–H and O–H groups in total. The molecule has 1 atom stereocenters. The molecular weight excluding hydrogens is 344 g/mol. The first-order valence-electron chi connectivity index (χ1n) is 6.74. The summed E-state index contributed by atoms with van der Waals surface area (Å²) >= 11 is 8.63. The zero-order valence-corrected chi connectivity index (χ0v) is 14.1. The van der Waals surface area contributed by atoms with Gasteiger partial charge in [0.05, 0.1) is 14.9 Å². The molecule has 22 heavy (non-hydrogen) atoms. The molecule has 3 rings (SSSR count). The third kappa shape index (κ3) is 2.76. The van der Waals surface area contributed by atoms with E-state index in [-0.39, 0.29) is 5.91 Å². The van der Waals surface area contributed by atoms with Crippen LogP contribution in [0.3, 0.4) is 0 Å². The Bertz CT molecular complexity index is 740. The molecule has 0 bridgehead atoms. The molecule has 1 unspecified atom stereocenters. The number of thiophene rings is 1. The first-order valence-corrected chi connectivity index (χ1v) is 8.75. The van der Waals surface area contributed by atoms with Crippen molar-refractivity contribution in [3.05, 3.63) is 27.0 Å². The fourth-order valence-electron chi connectivity index (χ4n) is 2.53. The van der Waals surface area contributed by atoms with Crippen molar-refractivity contribution in [3.8, 4) is 9.88 Å². The van der Waals surface area contributed by atoms with E-state index in [4.69, 9.17) is 11.6 Å². The third-order valence-electron chi connectivity index (χ3n) is 3.57. The van der Waals surface area contributed by atoms with Gasteiger partial charge in [0, 0.05) is 6.54 Å². The van der Waals surface area contributed by atoms with Gasteiger partial charge in [-0.05, 0) is 31.9 Å². The summed E-state index contributed by atoms with van der Waals surface area (Å²) in [5.41, 5.74) is 0.630. The molecule has 2 aromatic rings.